The number of rotatable bonds is 11. The van der Waals surface area contributed by atoms with Crippen LogP contribution in [0.5, 0.6) is 0 Å². The predicted octanol–water partition coefficient (Wildman–Crippen LogP) is 4.69. The monoisotopic (exact) mass is 620 g/mol. The van der Waals surface area contributed by atoms with E-state index in [0.717, 1.165) is 27.9 Å². The maximum atomic E-state index is 13.3. The molecular formula is C33H36N10O3. The lowest BCUT2D eigenvalue weighted by Gasteiger charge is -2.10. The Balaban J connectivity index is 1.28. The van der Waals surface area contributed by atoms with E-state index >= 15 is 0 Å². The first-order valence-corrected chi connectivity index (χ1v) is 15.2. The zero-order chi connectivity index (χ0) is 32.4. The van der Waals surface area contributed by atoms with Crippen LogP contribution in [-0.2, 0) is 32.8 Å². The first-order chi connectivity index (χ1) is 22.3. The van der Waals surface area contributed by atoms with Gasteiger partial charge in [-0.1, -0.05) is 36.4 Å². The number of para-hydroxylation sites is 3. The summed E-state index contributed by atoms with van der Waals surface area (Å²) < 4.78 is 7.16. The number of hydrogen-bond acceptors (Lipinski definition) is 7. The molecule has 6 aromatic rings. The maximum Gasteiger partial charge on any atom is 0.276 e. The van der Waals surface area contributed by atoms with E-state index in [1.165, 1.54) is 0 Å². The molecule has 2 aromatic carbocycles. The zero-order valence-corrected chi connectivity index (χ0v) is 26.2. The molecule has 0 atom stereocenters. The third-order valence-corrected chi connectivity index (χ3v) is 7.75. The molecule has 0 aliphatic heterocycles. The molecule has 0 saturated carbocycles. The average Bonchev–Trinajstić information content (AvgIpc) is 3.81. The Morgan fingerprint density at radius 2 is 1.30 bits per heavy atom. The van der Waals surface area contributed by atoms with Gasteiger partial charge in [0.05, 0.1) is 40.1 Å². The van der Waals surface area contributed by atoms with Gasteiger partial charge in [-0.2, -0.15) is 10.2 Å². The Bertz CT molecular complexity index is 2100. The van der Waals surface area contributed by atoms with Crippen LogP contribution in [0.15, 0.2) is 66.7 Å². The van der Waals surface area contributed by atoms with Crippen molar-refractivity contribution in [1.82, 2.24) is 38.7 Å². The van der Waals surface area contributed by atoms with Gasteiger partial charge in [-0.25, -0.2) is 9.97 Å². The van der Waals surface area contributed by atoms with Crippen LogP contribution in [0.4, 0.5) is 11.9 Å². The summed E-state index contributed by atoms with van der Waals surface area (Å²) in [5, 5.41) is 24.7. The lowest BCUT2D eigenvalue weighted by molar-refractivity contribution is 0.100. The van der Waals surface area contributed by atoms with Crippen molar-refractivity contribution in [3.05, 3.63) is 95.1 Å². The van der Waals surface area contributed by atoms with E-state index < -0.39 is 0 Å². The fourth-order valence-electron chi connectivity index (χ4n) is 5.60. The van der Waals surface area contributed by atoms with Crippen molar-refractivity contribution in [2.45, 2.75) is 60.5 Å². The summed E-state index contributed by atoms with van der Waals surface area (Å²) in [5.41, 5.74) is 6.11. The number of imidazole rings is 2. The molecule has 13 nitrogen and oxygen atoms in total. The first kappa shape index (κ1) is 30.5. The molecule has 2 amide bonds. The van der Waals surface area contributed by atoms with Crippen LogP contribution < -0.4 is 10.6 Å². The Morgan fingerprint density at radius 1 is 0.761 bits per heavy atom. The fourth-order valence-corrected chi connectivity index (χ4v) is 5.60. The molecule has 0 spiro atoms. The van der Waals surface area contributed by atoms with Gasteiger partial charge >= 0.3 is 0 Å². The second kappa shape index (κ2) is 12.8. The lowest BCUT2D eigenvalue weighted by atomic mass is 10.2. The highest BCUT2D eigenvalue weighted by atomic mass is 16.3. The van der Waals surface area contributed by atoms with E-state index in [4.69, 9.17) is 9.97 Å². The number of hydrogen-bond donors (Lipinski definition) is 3. The highest BCUT2D eigenvalue weighted by Gasteiger charge is 2.20. The number of allylic oxidation sites excluding steroid dienone is 2. The van der Waals surface area contributed by atoms with Crippen LogP contribution in [0.3, 0.4) is 0 Å². The molecule has 6 rings (SSSR count). The normalized spacial score (nSPS) is 11.7. The molecule has 236 valence electrons. The third-order valence-electron chi connectivity index (χ3n) is 7.75. The summed E-state index contributed by atoms with van der Waals surface area (Å²) in [5.74, 6) is 0.177. The molecule has 4 heterocycles. The third kappa shape index (κ3) is 5.79. The number of carbonyl (C=O) groups excluding carboxylic acids is 2. The number of nitrogens with zero attached hydrogens (tertiary/aromatic N) is 8. The van der Waals surface area contributed by atoms with Gasteiger partial charge in [0.2, 0.25) is 11.9 Å². The number of aliphatic hydroxyl groups excluding tert-OH is 1. The Hall–Kier alpha value is -5.56. The summed E-state index contributed by atoms with van der Waals surface area (Å²) >= 11 is 0. The summed E-state index contributed by atoms with van der Waals surface area (Å²) in [6.45, 7) is 9.32. The topological polar surface area (TPSA) is 150 Å². The largest absolute Gasteiger partial charge is 0.392 e. The lowest BCUT2D eigenvalue weighted by Crippen LogP contribution is -2.20. The second-order valence-electron chi connectivity index (χ2n) is 10.9. The first-order valence-electron chi connectivity index (χ1n) is 15.2. The second-order valence-corrected chi connectivity index (χ2v) is 10.9. The maximum absolute atomic E-state index is 13.3. The number of benzene rings is 2. The van der Waals surface area contributed by atoms with Gasteiger partial charge in [0.15, 0.2) is 0 Å². The van der Waals surface area contributed by atoms with Crippen LogP contribution in [0.1, 0.15) is 51.8 Å². The van der Waals surface area contributed by atoms with Gasteiger partial charge in [-0.3, -0.25) is 29.6 Å². The van der Waals surface area contributed by atoms with Crippen molar-refractivity contribution >= 4 is 45.8 Å². The van der Waals surface area contributed by atoms with E-state index in [1.54, 1.807) is 21.5 Å². The van der Waals surface area contributed by atoms with E-state index in [2.05, 4.69) is 20.8 Å². The summed E-state index contributed by atoms with van der Waals surface area (Å²) in [4.78, 5) is 36.0. The van der Waals surface area contributed by atoms with Crippen LogP contribution in [0.2, 0.25) is 0 Å². The number of amides is 2. The number of carbonyl (C=O) groups is 2. The standard InChI is InChI=1S/C33H36N10O3/c1-5-42-27(18-21(3)38-42)30(45)36-32-34-24-13-7-8-14-25(24)40(32)16-9-10-17-41-26-15-11-12-23(20-44)29(26)35-33(41)37-31(46)28-19-22(4)39-43(28)6-2/h7-15,18-19,44H,5-6,16-17,20H2,1-4H3,(H,34,36,45)(H,35,37,46)/b10-9+. The van der Waals surface area contributed by atoms with E-state index in [9.17, 15) is 14.7 Å². The minimum absolute atomic E-state index is 0.180. The highest BCUT2D eigenvalue weighted by molar-refractivity contribution is 6.04. The number of aromatic nitrogens is 8. The Kier molecular flexibility index (Phi) is 8.49. The smallest absolute Gasteiger partial charge is 0.276 e. The highest BCUT2D eigenvalue weighted by Crippen LogP contribution is 2.25. The Morgan fingerprint density at radius 3 is 1.89 bits per heavy atom. The van der Waals surface area contributed by atoms with Crippen LogP contribution in [0.25, 0.3) is 22.1 Å². The number of nitrogens with one attached hydrogen (secondary N) is 2. The minimum Gasteiger partial charge on any atom is -0.392 e. The Labute approximate surface area is 265 Å². The molecule has 0 radical (unpaired) electrons. The SMILES string of the molecule is CCn1nc(C)cc1C(=O)Nc1nc2ccccc2n1C/C=C/Cn1c(NC(=O)c2cc(C)nn2CC)nc2c(CO)cccc21. The predicted molar refractivity (Wildman–Crippen MR) is 176 cm³/mol. The average molecular weight is 621 g/mol. The molecule has 0 bridgehead atoms. The quantitative estimate of drug-likeness (QED) is 0.178. The molecule has 46 heavy (non-hydrogen) atoms. The summed E-state index contributed by atoms with van der Waals surface area (Å²) in [6.07, 6.45) is 3.95. The fraction of sp³-hybridized carbons (Fsp3) is 0.273. The van der Waals surface area contributed by atoms with E-state index in [0.29, 0.717) is 60.5 Å². The van der Waals surface area contributed by atoms with Gasteiger partial charge in [0.1, 0.15) is 11.4 Å². The van der Waals surface area contributed by atoms with Crippen molar-refractivity contribution in [1.29, 1.82) is 0 Å². The molecule has 4 aromatic heterocycles. The van der Waals surface area contributed by atoms with Crippen molar-refractivity contribution < 1.29 is 14.7 Å². The number of aryl methyl sites for hydroxylation is 4. The van der Waals surface area contributed by atoms with Crippen molar-refractivity contribution in [3.63, 3.8) is 0 Å². The van der Waals surface area contributed by atoms with Crippen LogP contribution >= 0.6 is 0 Å². The van der Waals surface area contributed by atoms with Gasteiger partial charge in [0.25, 0.3) is 11.8 Å². The van der Waals surface area contributed by atoms with Crippen LogP contribution in [-0.4, -0.2) is 55.6 Å². The van der Waals surface area contributed by atoms with Gasteiger partial charge < -0.3 is 14.2 Å². The van der Waals surface area contributed by atoms with Crippen molar-refractivity contribution in [3.8, 4) is 0 Å². The number of fused-ring (bicyclic) bond motifs is 2. The van der Waals surface area contributed by atoms with Gasteiger partial charge in [0, 0.05) is 31.7 Å². The molecule has 3 N–H and O–H groups in total. The number of aliphatic hydroxyl groups is 1. The minimum atomic E-state index is -0.321. The van der Waals surface area contributed by atoms with Gasteiger partial charge in [-0.05, 0) is 58.0 Å². The molecule has 0 aliphatic carbocycles. The number of anilines is 2. The van der Waals surface area contributed by atoms with E-state index in [-0.39, 0.29) is 18.4 Å². The zero-order valence-electron chi connectivity index (χ0n) is 26.2. The molecule has 0 aliphatic rings. The molecule has 0 unspecified atom stereocenters. The molecular weight excluding hydrogens is 584 g/mol. The summed E-state index contributed by atoms with van der Waals surface area (Å²) in [6, 6.07) is 16.8. The molecule has 0 fully saturated rings. The summed E-state index contributed by atoms with van der Waals surface area (Å²) in [7, 11) is 0. The van der Waals surface area contributed by atoms with Crippen molar-refractivity contribution in [2.24, 2.45) is 0 Å². The molecule has 13 heteroatoms. The van der Waals surface area contributed by atoms with Crippen LogP contribution in [0, 0.1) is 13.8 Å². The van der Waals surface area contributed by atoms with Crippen molar-refractivity contribution in [2.75, 3.05) is 10.6 Å². The molecule has 0 saturated heterocycles. The van der Waals surface area contributed by atoms with E-state index in [1.807, 2.05) is 91.4 Å². The van der Waals surface area contributed by atoms with Gasteiger partial charge in [-0.15, -0.1) is 0 Å².